The number of nitrogens with zero attached hydrogens (tertiary/aromatic N) is 2. The van der Waals surface area contributed by atoms with Gasteiger partial charge in [0.25, 0.3) is 0 Å². The SMILES string of the molecule is N#Cc1cc(C(F)(F)F)ccc1N1C[C@@H]2CCCN[C@@H]2C1. The number of piperidine rings is 1. The van der Waals surface area contributed by atoms with Crippen molar-refractivity contribution in [3.63, 3.8) is 0 Å². The summed E-state index contributed by atoms with van der Waals surface area (Å²) in [5.74, 6) is 0.521. The number of nitrogens with one attached hydrogen (secondary N) is 1. The van der Waals surface area contributed by atoms with Crippen LogP contribution < -0.4 is 10.2 Å². The van der Waals surface area contributed by atoms with Crippen molar-refractivity contribution >= 4 is 5.69 Å². The van der Waals surface area contributed by atoms with E-state index in [1.807, 2.05) is 11.0 Å². The number of hydrogen-bond donors (Lipinski definition) is 1. The molecule has 0 amide bonds. The summed E-state index contributed by atoms with van der Waals surface area (Å²) < 4.78 is 38.2. The maximum atomic E-state index is 12.7. The molecule has 0 saturated carbocycles. The highest BCUT2D eigenvalue weighted by Gasteiger charge is 2.36. The molecular formula is C15H16F3N3. The second kappa shape index (κ2) is 5.23. The summed E-state index contributed by atoms with van der Waals surface area (Å²) in [5.41, 5.74) is -0.0530. The zero-order chi connectivity index (χ0) is 15.0. The van der Waals surface area contributed by atoms with Crippen LogP contribution in [0.25, 0.3) is 0 Å². The van der Waals surface area contributed by atoms with Crippen molar-refractivity contribution in [3.05, 3.63) is 29.3 Å². The minimum Gasteiger partial charge on any atom is -0.369 e. The number of anilines is 1. The van der Waals surface area contributed by atoms with Gasteiger partial charge in [-0.05, 0) is 43.5 Å². The number of fused-ring (bicyclic) bond motifs is 1. The van der Waals surface area contributed by atoms with Crippen LogP contribution in [-0.4, -0.2) is 25.7 Å². The molecule has 2 saturated heterocycles. The third kappa shape index (κ3) is 2.70. The normalized spacial score (nSPS) is 25.5. The molecule has 112 valence electrons. The van der Waals surface area contributed by atoms with Gasteiger partial charge in [0.15, 0.2) is 0 Å². The Labute approximate surface area is 121 Å². The lowest BCUT2D eigenvalue weighted by atomic mass is 9.94. The molecule has 0 radical (unpaired) electrons. The van der Waals surface area contributed by atoms with E-state index < -0.39 is 11.7 Å². The molecule has 2 aliphatic rings. The Balaban J connectivity index is 1.87. The van der Waals surface area contributed by atoms with Gasteiger partial charge in [-0.15, -0.1) is 0 Å². The smallest absolute Gasteiger partial charge is 0.369 e. The van der Waals surface area contributed by atoms with Crippen molar-refractivity contribution in [1.29, 1.82) is 5.26 Å². The maximum Gasteiger partial charge on any atom is 0.416 e. The highest BCUT2D eigenvalue weighted by Crippen LogP contribution is 2.35. The second-order valence-corrected chi connectivity index (χ2v) is 5.71. The van der Waals surface area contributed by atoms with Gasteiger partial charge in [0.2, 0.25) is 0 Å². The molecule has 3 rings (SSSR count). The lowest BCUT2D eigenvalue weighted by molar-refractivity contribution is -0.137. The molecule has 0 bridgehead atoms. The summed E-state index contributed by atoms with van der Waals surface area (Å²) in [5, 5.41) is 12.6. The van der Waals surface area contributed by atoms with Gasteiger partial charge in [0.1, 0.15) is 6.07 Å². The molecule has 2 aliphatic heterocycles. The zero-order valence-electron chi connectivity index (χ0n) is 11.5. The molecule has 6 heteroatoms. The lowest BCUT2D eigenvalue weighted by Crippen LogP contribution is -2.40. The summed E-state index contributed by atoms with van der Waals surface area (Å²) in [6.07, 6.45) is -2.14. The van der Waals surface area contributed by atoms with E-state index in [2.05, 4.69) is 5.32 Å². The van der Waals surface area contributed by atoms with Gasteiger partial charge in [-0.3, -0.25) is 0 Å². The zero-order valence-corrected chi connectivity index (χ0v) is 11.5. The summed E-state index contributed by atoms with van der Waals surface area (Å²) >= 11 is 0. The van der Waals surface area contributed by atoms with E-state index >= 15 is 0 Å². The number of hydrogen-bond acceptors (Lipinski definition) is 3. The van der Waals surface area contributed by atoms with E-state index in [0.717, 1.165) is 44.6 Å². The summed E-state index contributed by atoms with van der Waals surface area (Å²) in [7, 11) is 0. The number of rotatable bonds is 1. The third-order valence-corrected chi connectivity index (χ3v) is 4.38. The van der Waals surface area contributed by atoms with Crippen LogP contribution in [0.1, 0.15) is 24.0 Å². The predicted molar refractivity (Wildman–Crippen MR) is 72.9 cm³/mol. The van der Waals surface area contributed by atoms with Crippen molar-refractivity contribution in [2.75, 3.05) is 24.5 Å². The van der Waals surface area contributed by atoms with Crippen LogP contribution in [0.4, 0.5) is 18.9 Å². The molecule has 1 aromatic rings. The molecule has 2 fully saturated rings. The van der Waals surface area contributed by atoms with Crippen LogP contribution in [0.5, 0.6) is 0 Å². The Morgan fingerprint density at radius 3 is 2.76 bits per heavy atom. The van der Waals surface area contributed by atoms with Crippen LogP contribution >= 0.6 is 0 Å². The molecule has 1 aromatic carbocycles. The van der Waals surface area contributed by atoms with Crippen molar-refractivity contribution in [2.24, 2.45) is 5.92 Å². The van der Waals surface area contributed by atoms with Gasteiger partial charge in [0.05, 0.1) is 16.8 Å². The number of benzene rings is 1. The van der Waals surface area contributed by atoms with E-state index in [-0.39, 0.29) is 5.56 Å². The van der Waals surface area contributed by atoms with Crippen molar-refractivity contribution < 1.29 is 13.2 Å². The average molecular weight is 295 g/mol. The molecule has 0 aliphatic carbocycles. The Bertz CT molecular complexity index is 563. The van der Waals surface area contributed by atoms with Gasteiger partial charge in [-0.25, -0.2) is 0 Å². The fourth-order valence-electron chi connectivity index (χ4n) is 3.32. The van der Waals surface area contributed by atoms with Crippen LogP contribution in [0.15, 0.2) is 18.2 Å². The fraction of sp³-hybridized carbons (Fsp3) is 0.533. The predicted octanol–water partition coefficient (Wildman–Crippen LogP) is 2.77. The lowest BCUT2D eigenvalue weighted by Gasteiger charge is -2.24. The molecule has 21 heavy (non-hydrogen) atoms. The molecule has 2 atom stereocenters. The molecule has 2 heterocycles. The van der Waals surface area contributed by atoms with Crippen LogP contribution in [0, 0.1) is 17.2 Å². The summed E-state index contributed by atoms with van der Waals surface area (Å²) in [4.78, 5) is 2.03. The maximum absolute atomic E-state index is 12.7. The van der Waals surface area contributed by atoms with Crippen molar-refractivity contribution in [2.45, 2.75) is 25.1 Å². The van der Waals surface area contributed by atoms with Crippen LogP contribution in [0.3, 0.4) is 0 Å². The van der Waals surface area contributed by atoms with E-state index in [1.165, 1.54) is 6.07 Å². The minimum atomic E-state index is -4.41. The van der Waals surface area contributed by atoms with Gasteiger partial charge >= 0.3 is 6.18 Å². The largest absolute Gasteiger partial charge is 0.416 e. The van der Waals surface area contributed by atoms with Crippen molar-refractivity contribution in [1.82, 2.24) is 5.32 Å². The first-order chi connectivity index (χ1) is 9.99. The monoisotopic (exact) mass is 295 g/mol. The van der Waals surface area contributed by atoms with Gasteiger partial charge in [-0.2, -0.15) is 18.4 Å². The molecule has 3 nitrogen and oxygen atoms in total. The molecule has 0 aromatic heterocycles. The number of alkyl halides is 3. The van der Waals surface area contributed by atoms with Gasteiger partial charge in [0, 0.05) is 19.1 Å². The number of halogens is 3. The van der Waals surface area contributed by atoms with Crippen molar-refractivity contribution in [3.8, 4) is 6.07 Å². The van der Waals surface area contributed by atoms with Gasteiger partial charge in [-0.1, -0.05) is 0 Å². The first-order valence-electron chi connectivity index (χ1n) is 7.08. The van der Waals surface area contributed by atoms with E-state index in [9.17, 15) is 13.2 Å². The van der Waals surface area contributed by atoms with Gasteiger partial charge < -0.3 is 10.2 Å². The summed E-state index contributed by atoms with van der Waals surface area (Å²) in [6.45, 7) is 2.55. The van der Waals surface area contributed by atoms with E-state index in [0.29, 0.717) is 17.6 Å². The molecule has 0 unspecified atom stereocenters. The Hall–Kier alpha value is -1.74. The number of nitriles is 1. The minimum absolute atomic E-state index is 0.100. The Morgan fingerprint density at radius 1 is 1.29 bits per heavy atom. The Kier molecular flexibility index (Phi) is 3.54. The van der Waals surface area contributed by atoms with Crippen LogP contribution in [0.2, 0.25) is 0 Å². The van der Waals surface area contributed by atoms with Crippen LogP contribution in [-0.2, 0) is 6.18 Å². The summed E-state index contributed by atoms with van der Waals surface area (Å²) in [6, 6.07) is 5.73. The standard InChI is InChI=1S/C15H16F3N3/c16-15(17,18)12-3-4-14(11(6-12)7-19)21-8-10-2-1-5-20-13(10)9-21/h3-4,6,10,13,20H,1-2,5,8-9H2/t10-,13+/m0/s1. The molecule has 0 spiro atoms. The highest BCUT2D eigenvalue weighted by atomic mass is 19.4. The van der Waals surface area contributed by atoms with E-state index in [1.54, 1.807) is 0 Å². The quantitative estimate of drug-likeness (QED) is 0.866. The third-order valence-electron chi connectivity index (χ3n) is 4.38. The topological polar surface area (TPSA) is 39.1 Å². The Morgan fingerprint density at radius 2 is 2.10 bits per heavy atom. The highest BCUT2D eigenvalue weighted by molar-refractivity contribution is 5.61. The fourth-order valence-corrected chi connectivity index (χ4v) is 3.32. The van der Waals surface area contributed by atoms with E-state index in [4.69, 9.17) is 5.26 Å². The second-order valence-electron chi connectivity index (χ2n) is 5.71. The first-order valence-corrected chi connectivity index (χ1v) is 7.08. The average Bonchev–Trinajstić information content (AvgIpc) is 2.89. The first kappa shape index (κ1) is 14.2. The molecular weight excluding hydrogens is 279 g/mol. The molecule has 1 N–H and O–H groups in total.